The molecule has 0 saturated carbocycles. The number of alkyl carbamates (subject to hydrolysis) is 2. The van der Waals surface area contributed by atoms with Crippen LogP contribution in [0.3, 0.4) is 0 Å². The van der Waals surface area contributed by atoms with Crippen LogP contribution < -0.4 is 10.6 Å². The van der Waals surface area contributed by atoms with Crippen molar-refractivity contribution < 1.29 is 28.7 Å². The van der Waals surface area contributed by atoms with E-state index < -0.39 is 24.3 Å². The van der Waals surface area contributed by atoms with Crippen LogP contribution in [0.15, 0.2) is 109 Å². The molecule has 2 aliphatic carbocycles. The zero-order chi connectivity index (χ0) is 40.6. The molecule has 2 N–H and O–H groups in total. The largest absolute Gasteiger partial charge is 0.449 e. The van der Waals surface area contributed by atoms with E-state index in [0.717, 1.165) is 17.5 Å². The molecule has 0 fully saturated rings. The summed E-state index contributed by atoms with van der Waals surface area (Å²) in [6.45, 7) is 11.6. The number of carbonyl (C=O) groups excluding carboxylic acids is 4. The summed E-state index contributed by atoms with van der Waals surface area (Å²) in [5, 5.41) is 5.74. The molecule has 0 saturated heterocycles. The van der Waals surface area contributed by atoms with Crippen LogP contribution in [0, 0.1) is 0 Å². The summed E-state index contributed by atoms with van der Waals surface area (Å²) in [5.74, 6) is 0.648. The van der Waals surface area contributed by atoms with Gasteiger partial charge in [-0.15, -0.1) is 0 Å². The first kappa shape index (κ1) is 43.9. The van der Waals surface area contributed by atoms with Crippen molar-refractivity contribution >= 4 is 48.1 Å². The van der Waals surface area contributed by atoms with Gasteiger partial charge >= 0.3 is 12.2 Å². The van der Waals surface area contributed by atoms with Gasteiger partial charge in [0.15, 0.2) is 11.6 Å². The Labute approximate surface area is 341 Å². The summed E-state index contributed by atoms with van der Waals surface area (Å²) in [6, 6.07) is 31.6. The molecule has 4 aromatic rings. The maximum atomic E-state index is 12.4. The molecular formula is C46H54N2O6S2. The number of ether oxygens (including phenoxy) is 2. The van der Waals surface area contributed by atoms with E-state index in [4.69, 9.17) is 9.47 Å². The van der Waals surface area contributed by atoms with Crippen LogP contribution in [0.1, 0.15) is 82.1 Å². The third kappa shape index (κ3) is 11.6. The normalized spacial score (nSPS) is 13.9. The summed E-state index contributed by atoms with van der Waals surface area (Å²) in [6.07, 6.45) is 3.90. The molecule has 8 nitrogen and oxygen atoms in total. The van der Waals surface area contributed by atoms with Crippen molar-refractivity contribution in [2.45, 2.75) is 77.1 Å². The van der Waals surface area contributed by atoms with E-state index in [1.807, 2.05) is 74.5 Å². The van der Waals surface area contributed by atoms with Crippen molar-refractivity contribution in [1.82, 2.24) is 10.6 Å². The van der Waals surface area contributed by atoms with Gasteiger partial charge in [-0.3, -0.25) is 9.59 Å². The zero-order valence-corrected chi connectivity index (χ0v) is 34.8. The lowest BCUT2D eigenvalue weighted by Gasteiger charge is -2.19. The lowest BCUT2D eigenvalue weighted by Crippen LogP contribution is -2.42. The Morgan fingerprint density at radius 1 is 0.643 bits per heavy atom. The van der Waals surface area contributed by atoms with Gasteiger partial charge in [-0.25, -0.2) is 9.59 Å². The van der Waals surface area contributed by atoms with E-state index in [-0.39, 0.29) is 42.4 Å². The maximum absolute atomic E-state index is 12.4. The number of fused-ring (bicyclic) bond motifs is 6. The third-order valence-corrected chi connectivity index (χ3v) is 11.7. The Morgan fingerprint density at radius 2 is 0.982 bits per heavy atom. The number of ketones is 2. The molecule has 0 spiro atoms. The highest BCUT2D eigenvalue weighted by Crippen LogP contribution is 2.45. The monoisotopic (exact) mass is 794 g/mol. The average molecular weight is 795 g/mol. The highest BCUT2D eigenvalue weighted by Gasteiger charge is 2.31. The standard InChI is InChI=1S/C23H27NO3S.C19H19NO3S.C4H8/c1-4-15(2)28-14-22(16(3)25)24-23(26)27-13-21-19-11-7-5-9-17(19)18-10-6-8-12-20(18)21;1-12(21)18(11-24)20-19(22)23-10-17-15-8-4-2-6-13(15)14-7-3-5-9-16(14)17;1-3-4-2/h5-12,15,21-22H,4,13-14H2,1-3H3,(H,24,26);2-9,17-18,24H,10-11H2,1H3,(H,20,22);3-4H,1-2H3/b;;4-3-. The second-order valence-corrected chi connectivity index (χ2v) is 15.5. The predicted molar refractivity (Wildman–Crippen MR) is 232 cm³/mol. The summed E-state index contributed by atoms with van der Waals surface area (Å²) < 4.78 is 10.9. The van der Waals surface area contributed by atoms with Crippen LogP contribution in [-0.2, 0) is 19.1 Å². The molecule has 0 bridgehead atoms. The number of thiol groups is 1. The molecule has 2 aliphatic rings. The number of allylic oxidation sites excluding steroid dienone is 2. The Morgan fingerprint density at radius 3 is 1.29 bits per heavy atom. The van der Waals surface area contributed by atoms with Gasteiger partial charge in [-0.2, -0.15) is 24.4 Å². The van der Waals surface area contributed by atoms with Gasteiger partial charge in [0, 0.05) is 28.6 Å². The van der Waals surface area contributed by atoms with Crippen LogP contribution in [0.25, 0.3) is 22.3 Å². The Hall–Kier alpha value is -4.80. The van der Waals surface area contributed by atoms with Crippen LogP contribution >= 0.6 is 24.4 Å². The molecule has 0 radical (unpaired) electrons. The molecule has 6 rings (SSSR count). The van der Waals surface area contributed by atoms with Crippen molar-refractivity contribution in [1.29, 1.82) is 0 Å². The first-order chi connectivity index (χ1) is 27.0. The first-order valence-corrected chi connectivity index (χ1v) is 20.8. The van der Waals surface area contributed by atoms with Crippen LogP contribution in [0.2, 0.25) is 0 Å². The minimum Gasteiger partial charge on any atom is -0.449 e. The highest BCUT2D eigenvalue weighted by atomic mass is 32.2. The predicted octanol–water partition coefficient (Wildman–Crippen LogP) is 10.0. The molecule has 2 amide bonds. The van der Waals surface area contributed by atoms with Gasteiger partial charge < -0.3 is 20.1 Å². The smallest absolute Gasteiger partial charge is 0.407 e. The van der Waals surface area contributed by atoms with Gasteiger partial charge in [-0.05, 0) is 78.6 Å². The van der Waals surface area contributed by atoms with Crippen LogP contribution in [0.5, 0.6) is 0 Å². The van der Waals surface area contributed by atoms with E-state index in [1.54, 1.807) is 11.8 Å². The molecule has 3 unspecified atom stereocenters. The maximum Gasteiger partial charge on any atom is 0.407 e. The van der Waals surface area contributed by atoms with Crippen molar-refractivity contribution in [2.24, 2.45) is 0 Å². The van der Waals surface area contributed by atoms with Crippen LogP contribution in [-0.4, -0.2) is 65.8 Å². The van der Waals surface area contributed by atoms with E-state index in [1.165, 1.54) is 47.2 Å². The Kier molecular flexibility index (Phi) is 17.3. The Bertz CT molecular complexity index is 1890. The minimum atomic E-state index is -0.621. The second-order valence-electron chi connectivity index (χ2n) is 13.7. The van der Waals surface area contributed by atoms with E-state index in [2.05, 4.69) is 85.6 Å². The summed E-state index contributed by atoms with van der Waals surface area (Å²) in [5.41, 5.74) is 9.40. The summed E-state index contributed by atoms with van der Waals surface area (Å²) >= 11 is 5.76. The quantitative estimate of drug-likeness (QED) is 0.0913. The van der Waals surface area contributed by atoms with Crippen LogP contribution in [0.4, 0.5) is 9.59 Å². The molecule has 296 valence electrons. The second kappa shape index (κ2) is 22.1. The lowest BCUT2D eigenvalue weighted by atomic mass is 9.98. The molecule has 0 heterocycles. The van der Waals surface area contributed by atoms with Gasteiger partial charge in [0.05, 0.1) is 12.1 Å². The number of nitrogens with one attached hydrogen (secondary N) is 2. The molecule has 0 aromatic heterocycles. The molecular weight excluding hydrogens is 741 g/mol. The number of Topliss-reactive ketones (excluding diaryl/α,β-unsaturated/α-hetero) is 2. The molecule has 4 aromatic carbocycles. The van der Waals surface area contributed by atoms with E-state index in [9.17, 15) is 19.2 Å². The summed E-state index contributed by atoms with van der Waals surface area (Å²) in [7, 11) is 0. The number of carbonyl (C=O) groups is 4. The average Bonchev–Trinajstić information content (AvgIpc) is 3.72. The van der Waals surface area contributed by atoms with Gasteiger partial charge in [0.2, 0.25) is 0 Å². The number of thioether (sulfide) groups is 1. The van der Waals surface area contributed by atoms with Gasteiger partial charge in [-0.1, -0.05) is 123 Å². The minimum absolute atomic E-state index is 0.00919. The third-order valence-electron chi connectivity index (χ3n) is 9.89. The van der Waals surface area contributed by atoms with E-state index >= 15 is 0 Å². The topological polar surface area (TPSA) is 111 Å². The first-order valence-electron chi connectivity index (χ1n) is 19.1. The zero-order valence-electron chi connectivity index (χ0n) is 33.1. The SMILES string of the molecule is C/C=C\C.CC(=O)C(CS)NC(=O)OCC1c2ccccc2-c2ccccc21.CCC(C)SCC(NC(=O)OCC1c2ccccc2-c2ccccc21)C(C)=O. The molecule has 10 heteroatoms. The lowest BCUT2D eigenvalue weighted by molar-refractivity contribution is -0.119. The molecule has 3 atom stereocenters. The fraction of sp³-hybridized carbons (Fsp3) is 0.348. The number of amides is 2. The highest BCUT2D eigenvalue weighted by molar-refractivity contribution is 7.99. The van der Waals surface area contributed by atoms with Crippen molar-refractivity contribution in [2.75, 3.05) is 24.7 Å². The number of hydrogen-bond donors (Lipinski definition) is 3. The van der Waals surface area contributed by atoms with E-state index in [0.29, 0.717) is 11.0 Å². The number of benzene rings is 4. The van der Waals surface area contributed by atoms with Crippen molar-refractivity contribution in [3.63, 3.8) is 0 Å². The van der Waals surface area contributed by atoms with Gasteiger partial charge in [0.25, 0.3) is 0 Å². The summed E-state index contributed by atoms with van der Waals surface area (Å²) in [4.78, 5) is 47.6. The fourth-order valence-electron chi connectivity index (χ4n) is 6.48. The Balaban J connectivity index is 0.000000229. The number of hydrogen-bond acceptors (Lipinski definition) is 8. The molecule has 0 aliphatic heterocycles. The van der Waals surface area contributed by atoms with Crippen molar-refractivity contribution in [3.8, 4) is 22.3 Å². The van der Waals surface area contributed by atoms with Gasteiger partial charge in [0.1, 0.15) is 13.2 Å². The number of rotatable bonds is 13. The fourth-order valence-corrected chi connectivity index (χ4v) is 7.90. The molecule has 56 heavy (non-hydrogen) atoms. The van der Waals surface area contributed by atoms with Crippen molar-refractivity contribution in [3.05, 3.63) is 131 Å².